The van der Waals surface area contributed by atoms with Crippen molar-refractivity contribution >= 4 is 27.3 Å². The summed E-state index contributed by atoms with van der Waals surface area (Å²) in [5.41, 5.74) is 0.0228. The number of amides is 1. The van der Waals surface area contributed by atoms with Gasteiger partial charge in [0.1, 0.15) is 6.54 Å². The number of nitro groups is 1. The van der Waals surface area contributed by atoms with E-state index in [-0.39, 0.29) is 16.3 Å². The number of nitrogens with zero attached hydrogens (tertiary/aromatic N) is 2. The van der Waals surface area contributed by atoms with E-state index >= 15 is 0 Å². The Labute approximate surface area is 183 Å². The molecule has 0 heterocycles. The van der Waals surface area contributed by atoms with Crippen LogP contribution in [0.15, 0.2) is 59.5 Å². The predicted octanol–water partition coefficient (Wildman–Crippen LogP) is 4.12. The highest BCUT2D eigenvalue weighted by atomic mass is 32.2. The summed E-state index contributed by atoms with van der Waals surface area (Å²) < 4.78 is 27.5. The van der Waals surface area contributed by atoms with E-state index in [2.05, 4.69) is 19.2 Å². The second-order valence-corrected chi connectivity index (χ2v) is 9.18. The predicted molar refractivity (Wildman–Crippen MR) is 120 cm³/mol. The van der Waals surface area contributed by atoms with Gasteiger partial charge in [0.25, 0.3) is 15.7 Å². The Bertz CT molecular complexity index is 962. The van der Waals surface area contributed by atoms with Crippen LogP contribution in [0.3, 0.4) is 0 Å². The Balaban J connectivity index is 2.26. The lowest BCUT2D eigenvalue weighted by Gasteiger charge is -2.24. The van der Waals surface area contributed by atoms with E-state index in [1.54, 1.807) is 18.2 Å². The molecule has 1 unspecified atom stereocenters. The first-order valence-electron chi connectivity index (χ1n) is 10.4. The van der Waals surface area contributed by atoms with E-state index in [9.17, 15) is 23.3 Å². The van der Waals surface area contributed by atoms with E-state index in [1.165, 1.54) is 36.4 Å². The minimum Gasteiger partial charge on any atom is -0.354 e. The van der Waals surface area contributed by atoms with Crippen molar-refractivity contribution in [3.8, 4) is 0 Å². The van der Waals surface area contributed by atoms with E-state index in [0.29, 0.717) is 12.5 Å². The molecule has 1 N–H and O–H groups in total. The summed E-state index contributed by atoms with van der Waals surface area (Å²) >= 11 is 0. The quantitative estimate of drug-likeness (QED) is 0.389. The first kappa shape index (κ1) is 24.3. The molecule has 9 heteroatoms. The Morgan fingerprint density at radius 3 is 2.29 bits per heavy atom. The first-order valence-corrected chi connectivity index (χ1v) is 11.8. The molecule has 0 fully saturated rings. The number of nitrogens with one attached hydrogen (secondary N) is 1. The molecule has 1 amide bonds. The van der Waals surface area contributed by atoms with Gasteiger partial charge in [-0.05, 0) is 36.6 Å². The van der Waals surface area contributed by atoms with E-state index in [0.717, 1.165) is 30.0 Å². The Kier molecular flexibility index (Phi) is 8.99. The SMILES string of the molecule is CCCCC(CC)CNC(=O)CN(c1ccc([N+](=O)[O-])cc1)S(=O)(=O)c1ccccc1. The Morgan fingerprint density at radius 1 is 1.10 bits per heavy atom. The zero-order valence-corrected chi connectivity index (χ0v) is 18.7. The monoisotopic (exact) mass is 447 g/mol. The molecule has 0 saturated carbocycles. The molecule has 2 aromatic rings. The van der Waals surface area contributed by atoms with Crippen LogP contribution in [0.1, 0.15) is 39.5 Å². The average Bonchev–Trinajstić information content (AvgIpc) is 2.78. The maximum absolute atomic E-state index is 13.2. The molecule has 8 nitrogen and oxygen atoms in total. The molecule has 0 aromatic heterocycles. The second kappa shape index (κ2) is 11.5. The lowest BCUT2D eigenvalue weighted by Crippen LogP contribution is -2.42. The number of anilines is 1. The number of nitro benzene ring substituents is 1. The minimum atomic E-state index is -4.04. The molecule has 0 radical (unpaired) electrons. The minimum absolute atomic E-state index is 0.0375. The fraction of sp³-hybridized carbons (Fsp3) is 0.409. The molecule has 31 heavy (non-hydrogen) atoms. The van der Waals surface area contributed by atoms with Gasteiger partial charge in [-0.1, -0.05) is 51.3 Å². The number of carbonyl (C=O) groups is 1. The van der Waals surface area contributed by atoms with Crippen molar-refractivity contribution in [2.24, 2.45) is 5.92 Å². The van der Waals surface area contributed by atoms with Gasteiger partial charge in [0.05, 0.1) is 15.5 Å². The molecule has 2 aromatic carbocycles. The van der Waals surface area contributed by atoms with Crippen LogP contribution in [-0.4, -0.2) is 32.3 Å². The van der Waals surface area contributed by atoms with Gasteiger partial charge in [-0.25, -0.2) is 8.42 Å². The molecule has 168 valence electrons. The van der Waals surface area contributed by atoms with Crippen LogP contribution in [0.5, 0.6) is 0 Å². The van der Waals surface area contributed by atoms with Crippen LogP contribution in [0.4, 0.5) is 11.4 Å². The van der Waals surface area contributed by atoms with Crippen LogP contribution < -0.4 is 9.62 Å². The van der Waals surface area contributed by atoms with Crippen LogP contribution in [-0.2, 0) is 14.8 Å². The molecule has 0 aliphatic heterocycles. The second-order valence-electron chi connectivity index (χ2n) is 7.32. The fourth-order valence-electron chi connectivity index (χ4n) is 3.16. The lowest BCUT2D eigenvalue weighted by atomic mass is 9.99. The average molecular weight is 448 g/mol. The molecule has 0 bridgehead atoms. The molecule has 0 saturated heterocycles. The summed E-state index contributed by atoms with van der Waals surface area (Å²) in [5.74, 6) is -0.0877. The number of sulfonamides is 1. The summed E-state index contributed by atoms with van der Waals surface area (Å²) in [7, 11) is -4.04. The fourth-order valence-corrected chi connectivity index (χ4v) is 4.61. The Hall–Kier alpha value is -2.94. The van der Waals surface area contributed by atoms with Crippen molar-refractivity contribution in [1.82, 2.24) is 5.32 Å². The third-order valence-electron chi connectivity index (χ3n) is 5.10. The van der Waals surface area contributed by atoms with Crippen LogP contribution in [0.2, 0.25) is 0 Å². The van der Waals surface area contributed by atoms with Crippen LogP contribution in [0.25, 0.3) is 0 Å². The summed E-state index contributed by atoms with van der Waals surface area (Å²) in [4.78, 5) is 23.1. The number of hydrogen-bond acceptors (Lipinski definition) is 5. The van der Waals surface area contributed by atoms with Crippen molar-refractivity contribution in [3.05, 3.63) is 64.7 Å². The third kappa shape index (κ3) is 6.78. The van der Waals surface area contributed by atoms with Gasteiger partial charge in [0.2, 0.25) is 5.91 Å². The van der Waals surface area contributed by atoms with Crippen molar-refractivity contribution in [3.63, 3.8) is 0 Å². The van der Waals surface area contributed by atoms with E-state index in [1.807, 2.05) is 0 Å². The topological polar surface area (TPSA) is 110 Å². The number of carbonyl (C=O) groups excluding carboxylic acids is 1. The van der Waals surface area contributed by atoms with Gasteiger partial charge in [-0.3, -0.25) is 19.2 Å². The highest BCUT2D eigenvalue weighted by Crippen LogP contribution is 2.25. The largest absolute Gasteiger partial charge is 0.354 e. The molecule has 2 rings (SSSR count). The maximum atomic E-state index is 13.2. The zero-order valence-electron chi connectivity index (χ0n) is 17.9. The number of benzene rings is 2. The highest BCUT2D eigenvalue weighted by molar-refractivity contribution is 7.92. The van der Waals surface area contributed by atoms with Gasteiger partial charge in [0.15, 0.2) is 0 Å². The highest BCUT2D eigenvalue weighted by Gasteiger charge is 2.27. The van der Waals surface area contributed by atoms with Crippen molar-refractivity contribution in [2.45, 2.75) is 44.4 Å². The maximum Gasteiger partial charge on any atom is 0.269 e. The molecular formula is C22H29N3O5S. The van der Waals surface area contributed by atoms with Crippen LogP contribution in [0, 0.1) is 16.0 Å². The number of hydrogen-bond donors (Lipinski definition) is 1. The van der Waals surface area contributed by atoms with Crippen molar-refractivity contribution in [2.75, 3.05) is 17.4 Å². The third-order valence-corrected chi connectivity index (χ3v) is 6.89. The number of unbranched alkanes of at least 4 members (excludes halogenated alkanes) is 1. The molecule has 0 aliphatic carbocycles. The van der Waals surface area contributed by atoms with E-state index in [4.69, 9.17) is 0 Å². The van der Waals surface area contributed by atoms with Crippen molar-refractivity contribution < 1.29 is 18.1 Å². The summed E-state index contributed by atoms with van der Waals surface area (Å²) in [5, 5.41) is 13.8. The first-order chi connectivity index (χ1) is 14.8. The molecule has 0 aliphatic rings. The number of non-ortho nitro benzene ring substituents is 1. The Morgan fingerprint density at radius 2 is 1.74 bits per heavy atom. The normalized spacial score (nSPS) is 12.2. The zero-order chi connectivity index (χ0) is 22.9. The van der Waals surface area contributed by atoms with E-state index < -0.39 is 27.4 Å². The number of rotatable bonds is 12. The summed E-state index contributed by atoms with van der Waals surface area (Å²) in [6.07, 6.45) is 4.08. The lowest BCUT2D eigenvalue weighted by molar-refractivity contribution is -0.384. The summed E-state index contributed by atoms with van der Waals surface area (Å²) in [6.45, 7) is 4.24. The van der Waals surface area contributed by atoms with Gasteiger partial charge in [0, 0.05) is 18.7 Å². The van der Waals surface area contributed by atoms with Gasteiger partial charge in [-0.15, -0.1) is 0 Å². The smallest absolute Gasteiger partial charge is 0.269 e. The molecule has 1 atom stereocenters. The standard InChI is InChI=1S/C22H29N3O5S/c1-3-5-9-18(4-2)16-23-22(26)17-24(19-12-14-20(15-13-19)25(27)28)31(29,30)21-10-7-6-8-11-21/h6-8,10-15,18H,3-5,9,16-17H2,1-2H3,(H,23,26). The van der Waals surface area contributed by atoms with Gasteiger partial charge in [-0.2, -0.15) is 0 Å². The van der Waals surface area contributed by atoms with Crippen molar-refractivity contribution in [1.29, 1.82) is 0 Å². The molecular weight excluding hydrogens is 418 g/mol. The van der Waals surface area contributed by atoms with Gasteiger partial charge >= 0.3 is 0 Å². The van der Waals surface area contributed by atoms with Gasteiger partial charge < -0.3 is 5.32 Å². The summed E-state index contributed by atoms with van der Waals surface area (Å²) in [6, 6.07) is 12.9. The van der Waals surface area contributed by atoms with Crippen LogP contribution >= 0.6 is 0 Å². The molecule has 0 spiro atoms.